The van der Waals surface area contributed by atoms with E-state index in [0.717, 1.165) is 16.7 Å². The fourth-order valence-electron chi connectivity index (χ4n) is 4.18. The van der Waals surface area contributed by atoms with Crippen LogP contribution in [0.15, 0.2) is 96.1 Å². The van der Waals surface area contributed by atoms with Crippen LogP contribution in [0, 0.1) is 12.3 Å². The van der Waals surface area contributed by atoms with Crippen molar-refractivity contribution in [1.82, 2.24) is 0 Å². The van der Waals surface area contributed by atoms with Gasteiger partial charge in [0.2, 0.25) is 0 Å². The van der Waals surface area contributed by atoms with Gasteiger partial charge >= 0.3 is 0 Å². The van der Waals surface area contributed by atoms with Gasteiger partial charge in [-0.1, -0.05) is 102 Å². The summed E-state index contributed by atoms with van der Waals surface area (Å²) in [6.07, 6.45) is 3.28. The van der Waals surface area contributed by atoms with Crippen LogP contribution in [0.4, 0.5) is 0 Å². The molecule has 0 amide bonds. The van der Waals surface area contributed by atoms with Crippen molar-refractivity contribution in [2.24, 2.45) is 5.11 Å². The first kappa shape index (κ1) is 25.5. The van der Waals surface area contributed by atoms with Crippen molar-refractivity contribution in [3.05, 3.63) is 118 Å². The smallest absolute Gasteiger partial charge is 0.129 e. The van der Waals surface area contributed by atoms with Crippen molar-refractivity contribution in [2.45, 2.75) is 50.3 Å². The summed E-state index contributed by atoms with van der Waals surface area (Å²) in [5.74, 6) is 2.62. The van der Waals surface area contributed by atoms with Crippen molar-refractivity contribution >= 4 is 0 Å². The summed E-state index contributed by atoms with van der Waals surface area (Å²) in [6, 6.07) is 28.8. The molecule has 7 nitrogen and oxygen atoms in total. The summed E-state index contributed by atoms with van der Waals surface area (Å²) in [6.45, 7) is 1.30. The number of terminal acetylenes is 1. The van der Waals surface area contributed by atoms with Crippen LogP contribution in [0.2, 0.25) is 0 Å². The maximum Gasteiger partial charge on any atom is 0.129 e. The average Bonchev–Trinajstić information content (AvgIpc) is 2.93. The lowest BCUT2D eigenvalue weighted by molar-refractivity contribution is -0.217. The van der Waals surface area contributed by atoms with E-state index >= 15 is 0 Å². The Morgan fingerprint density at radius 3 is 1.78 bits per heavy atom. The first-order valence-corrected chi connectivity index (χ1v) is 11.9. The molecule has 0 spiro atoms. The first-order valence-electron chi connectivity index (χ1n) is 11.9. The Morgan fingerprint density at radius 1 is 0.778 bits per heavy atom. The first-order chi connectivity index (χ1) is 17.8. The molecule has 0 N–H and O–H groups in total. The van der Waals surface area contributed by atoms with Gasteiger partial charge in [0.25, 0.3) is 0 Å². The number of rotatable bonds is 11. The highest BCUT2D eigenvalue weighted by Crippen LogP contribution is 2.30. The van der Waals surface area contributed by atoms with Crippen LogP contribution in [-0.4, -0.2) is 37.1 Å². The number of hydrogen-bond donors (Lipinski definition) is 0. The second kappa shape index (κ2) is 13.5. The van der Waals surface area contributed by atoms with Gasteiger partial charge in [-0.2, -0.15) is 0 Å². The third kappa shape index (κ3) is 6.96. The summed E-state index contributed by atoms with van der Waals surface area (Å²) in [5, 5.41) is 3.96. The molecule has 4 rings (SSSR count). The molecule has 1 fully saturated rings. The van der Waals surface area contributed by atoms with Gasteiger partial charge in [0.1, 0.15) is 24.4 Å². The maximum atomic E-state index is 9.28. The molecule has 0 radical (unpaired) electrons. The Kier molecular flexibility index (Phi) is 9.52. The molecule has 0 aromatic heterocycles. The maximum absolute atomic E-state index is 9.28. The van der Waals surface area contributed by atoms with Crippen LogP contribution in [0.1, 0.15) is 16.7 Å². The van der Waals surface area contributed by atoms with Crippen molar-refractivity contribution in [1.29, 1.82) is 0 Å². The van der Waals surface area contributed by atoms with Crippen LogP contribution >= 0.6 is 0 Å². The lowest BCUT2D eigenvalue weighted by atomic mass is 9.93. The van der Waals surface area contributed by atoms with Gasteiger partial charge in [-0.15, -0.1) is 6.42 Å². The Morgan fingerprint density at radius 2 is 1.28 bits per heavy atom. The highest BCUT2D eigenvalue weighted by Gasteiger charge is 2.46. The Bertz CT molecular complexity index is 1150. The predicted molar refractivity (Wildman–Crippen MR) is 137 cm³/mol. The molecule has 1 aliphatic heterocycles. The average molecular weight is 484 g/mol. The van der Waals surface area contributed by atoms with Gasteiger partial charge in [-0.3, -0.25) is 0 Å². The van der Waals surface area contributed by atoms with Crippen molar-refractivity contribution < 1.29 is 18.9 Å². The van der Waals surface area contributed by atoms with Crippen LogP contribution in [-0.2, 0) is 38.8 Å². The normalized spacial score (nSPS) is 23.4. The minimum absolute atomic E-state index is 0.237. The van der Waals surface area contributed by atoms with Crippen LogP contribution in [0.25, 0.3) is 10.4 Å². The molecular formula is C29H29N3O4. The van der Waals surface area contributed by atoms with Crippen LogP contribution in [0.3, 0.4) is 0 Å². The fourth-order valence-corrected chi connectivity index (χ4v) is 4.18. The van der Waals surface area contributed by atoms with E-state index in [1.54, 1.807) is 0 Å². The highest BCUT2D eigenvalue weighted by molar-refractivity contribution is 5.16. The second-order valence-electron chi connectivity index (χ2n) is 8.48. The largest absolute Gasteiger partial charge is 0.374 e. The molecule has 0 aliphatic carbocycles. The van der Waals surface area contributed by atoms with E-state index in [1.165, 1.54) is 0 Å². The quantitative estimate of drug-likeness (QED) is 0.157. The van der Waals surface area contributed by atoms with Gasteiger partial charge in [0, 0.05) is 4.91 Å². The molecule has 7 heteroatoms. The lowest BCUT2D eigenvalue weighted by Crippen LogP contribution is -2.59. The number of azide groups is 1. The molecule has 1 aliphatic rings. The zero-order chi connectivity index (χ0) is 25.0. The Balaban J connectivity index is 1.56. The zero-order valence-corrected chi connectivity index (χ0v) is 19.9. The van der Waals surface area contributed by atoms with Crippen molar-refractivity contribution in [2.75, 3.05) is 6.61 Å². The molecule has 0 bridgehead atoms. The van der Waals surface area contributed by atoms with E-state index in [9.17, 15) is 5.53 Å². The van der Waals surface area contributed by atoms with Crippen molar-refractivity contribution in [3.8, 4) is 12.3 Å². The number of nitrogens with zero attached hydrogens (tertiary/aromatic N) is 3. The highest BCUT2D eigenvalue weighted by atomic mass is 16.6. The lowest BCUT2D eigenvalue weighted by Gasteiger charge is -2.43. The van der Waals surface area contributed by atoms with Crippen LogP contribution in [0.5, 0.6) is 0 Å². The van der Waals surface area contributed by atoms with E-state index in [1.807, 2.05) is 91.0 Å². The third-order valence-electron chi connectivity index (χ3n) is 5.97. The van der Waals surface area contributed by atoms with Gasteiger partial charge < -0.3 is 18.9 Å². The molecule has 1 saturated heterocycles. The SMILES string of the molecule is C#C[C@H]1O[C@H](COCc2ccccc2)[C@@H](OCc2ccccc2)[C@H](OCc2ccccc2)[C@H]1N=[N+]=[N-]. The molecule has 3 aromatic rings. The topological polar surface area (TPSA) is 85.7 Å². The fraction of sp³-hybridized carbons (Fsp3) is 0.310. The summed E-state index contributed by atoms with van der Waals surface area (Å²) in [7, 11) is 0. The van der Waals surface area contributed by atoms with E-state index in [4.69, 9.17) is 25.4 Å². The van der Waals surface area contributed by atoms with Gasteiger partial charge in [-0.05, 0) is 22.2 Å². The standard InChI is InChI=1S/C29H29N3O4/c1-2-25-27(31-32-30)29(35-20-24-16-10-5-11-17-24)28(34-19-23-14-8-4-9-15-23)26(36-25)21-33-18-22-12-6-3-7-13-22/h1,3-17,25-29H,18-21H2/t25-,26-,27+,28-,29-/m1/s1. The molecule has 0 saturated carbocycles. The molecule has 0 unspecified atom stereocenters. The monoisotopic (exact) mass is 483 g/mol. The molecule has 1 heterocycles. The zero-order valence-electron chi connectivity index (χ0n) is 19.9. The molecular weight excluding hydrogens is 454 g/mol. The van der Waals surface area contributed by atoms with Crippen LogP contribution < -0.4 is 0 Å². The van der Waals surface area contributed by atoms with Gasteiger partial charge in [0.05, 0.1) is 32.5 Å². The Hall–Kier alpha value is -3.63. The van der Waals surface area contributed by atoms with E-state index in [0.29, 0.717) is 19.8 Å². The van der Waals surface area contributed by atoms with E-state index in [2.05, 4.69) is 15.9 Å². The van der Waals surface area contributed by atoms with Gasteiger partial charge in [0.15, 0.2) is 0 Å². The molecule has 5 atom stereocenters. The minimum atomic E-state index is -0.774. The summed E-state index contributed by atoms with van der Waals surface area (Å²) >= 11 is 0. The number of ether oxygens (including phenoxy) is 4. The third-order valence-corrected chi connectivity index (χ3v) is 5.97. The molecule has 184 valence electrons. The van der Waals surface area contributed by atoms with E-state index < -0.39 is 30.5 Å². The summed E-state index contributed by atoms with van der Waals surface area (Å²) < 4.78 is 24.9. The second-order valence-corrected chi connectivity index (χ2v) is 8.48. The number of hydrogen-bond acceptors (Lipinski definition) is 5. The Labute approximate surface area is 211 Å². The van der Waals surface area contributed by atoms with Crippen molar-refractivity contribution in [3.63, 3.8) is 0 Å². The molecule has 36 heavy (non-hydrogen) atoms. The van der Waals surface area contributed by atoms with Gasteiger partial charge in [-0.25, -0.2) is 0 Å². The summed E-state index contributed by atoms with van der Waals surface area (Å²) in [5.41, 5.74) is 12.3. The summed E-state index contributed by atoms with van der Waals surface area (Å²) in [4.78, 5) is 3.03. The molecule has 3 aromatic carbocycles. The minimum Gasteiger partial charge on any atom is -0.374 e. The van der Waals surface area contributed by atoms with E-state index in [-0.39, 0.29) is 6.61 Å². The predicted octanol–water partition coefficient (Wildman–Crippen LogP) is 5.45. The number of benzene rings is 3.